The second-order valence-electron chi connectivity index (χ2n) is 6.60. The molecular weight excluding hydrogens is 452 g/mol. The predicted molar refractivity (Wildman–Crippen MR) is 111 cm³/mol. The van der Waals surface area contributed by atoms with Gasteiger partial charge in [-0.05, 0) is 32.7 Å². The highest BCUT2D eigenvalue weighted by atomic mass is 16.4. The van der Waals surface area contributed by atoms with Crippen molar-refractivity contribution in [1.82, 2.24) is 5.32 Å². The van der Waals surface area contributed by atoms with E-state index in [0.717, 1.165) is 19.4 Å². The van der Waals surface area contributed by atoms with Crippen LogP contribution in [0.3, 0.4) is 0 Å². The third kappa shape index (κ3) is 22.1. The van der Waals surface area contributed by atoms with Crippen molar-refractivity contribution in [2.24, 2.45) is 17.2 Å². The van der Waals surface area contributed by atoms with Gasteiger partial charge in [0.2, 0.25) is 0 Å². The molecule has 1 aliphatic rings. The summed E-state index contributed by atoms with van der Waals surface area (Å²) < 4.78 is 0. The first-order valence-electron chi connectivity index (χ1n) is 9.50. The highest BCUT2D eigenvalue weighted by Crippen LogP contribution is 2.03. The van der Waals surface area contributed by atoms with Crippen LogP contribution in [0.1, 0.15) is 32.6 Å². The molecule has 0 spiro atoms. The summed E-state index contributed by atoms with van der Waals surface area (Å²) in [6.07, 6.45) is 0.581. The van der Waals surface area contributed by atoms with E-state index in [9.17, 15) is 24.0 Å². The summed E-state index contributed by atoms with van der Waals surface area (Å²) in [7, 11) is 0. The molecule has 33 heavy (non-hydrogen) atoms. The molecule has 1 heterocycles. The van der Waals surface area contributed by atoms with Gasteiger partial charge >= 0.3 is 29.8 Å². The van der Waals surface area contributed by atoms with Crippen LogP contribution in [0.5, 0.6) is 0 Å². The highest BCUT2D eigenvalue weighted by molar-refractivity contribution is 5.75. The first kappa shape index (κ1) is 34.7. The molecule has 0 aromatic heterocycles. The van der Waals surface area contributed by atoms with Gasteiger partial charge < -0.3 is 58.3 Å². The summed E-state index contributed by atoms with van der Waals surface area (Å²) in [5, 5.41) is 59.9. The minimum absolute atomic E-state index is 0.0231. The van der Waals surface area contributed by atoms with Gasteiger partial charge in [-0.2, -0.15) is 0 Å². The Kier molecular flexibility index (Phi) is 20.8. The lowest BCUT2D eigenvalue weighted by molar-refractivity contribution is -0.141. The third-order valence-corrected chi connectivity index (χ3v) is 3.66. The maximum absolute atomic E-state index is 10.1. The molecule has 1 rings (SSSR count). The van der Waals surface area contributed by atoms with Gasteiger partial charge in [-0.25, -0.2) is 0 Å². The Morgan fingerprint density at radius 3 is 1.55 bits per heavy atom. The van der Waals surface area contributed by atoms with Gasteiger partial charge in [-0.1, -0.05) is 0 Å². The van der Waals surface area contributed by atoms with Crippen LogP contribution in [0.15, 0.2) is 0 Å². The Bertz CT molecular complexity index is 599. The van der Waals surface area contributed by atoms with Crippen molar-refractivity contribution in [2.45, 2.75) is 62.9 Å². The van der Waals surface area contributed by atoms with Crippen LogP contribution >= 0.6 is 0 Å². The summed E-state index contributed by atoms with van der Waals surface area (Å²) in [5.41, 5.74) is 14.7. The topological polar surface area (TPSA) is 317 Å². The molecule has 16 heteroatoms. The summed E-state index contributed by atoms with van der Waals surface area (Å²) in [6.45, 7) is 1.69. The molecule has 0 amide bonds. The van der Waals surface area contributed by atoms with Gasteiger partial charge in [0, 0.05) is 6.42 Å². The minimum Gasteiger partial charge on any atom is -0.481 e. The predicted octanol–water partition coefficient (Wildman–Crippen LogP) is -3.74. The number of rotatable bonds is 9. The van der Waals surface area contributed by atoms with Crippen molar-refractivity contribution in [3.05, 3.63) is 0 Å². The lowest BCUT2D eigenvalue weighted by Crippen LogP contribution is -2.39. The molecule has 5 atom stereocenters. The molecule has 194 valence electrons. The lowest BCUT2D eigenvalue weighted by atomic mass is 10.2. The molecule has 4 unspecified atom stereocenters. The van der Waals surface area contributed by atoms with Gasteiger partial charge in [0.15, 0.2) is 0 Å². The molecule has 1 aliphatic heterocycles. The smallest absolute Gasteiger partial charge is 0.323 e. The standard InChI is InChI=1S/C5H9NO4.C5H9NO2.C4H9NO3.C3H7NO3/c6-3(5(9)10)1-2-4(7)8;7-5(8)4-2-1-3-6-4;1-2(6)3(5)4(7)8;4-2(1-5)3(6)7/h3H,1-2,6H2,(H,7,8)(H,9,10);4,6H,1-3H2,(H,7,8);2-3,6H,5H2,1H3,(H,7,8);2,5H,1,4H2,(H,6,7)/t;4-;;/m.0../s1. The molecule has 14 N–H and O–H groups in total. The second-order valence-corrected chi connectivity index (χ2v) is 6.60. The Morgan fingerprint density at radius 2 is 1.39 bits per heavy atom. The average Bonchev–Trinajstić information content (AvgIpc) is 3.27. The number of nitrogens with one attached hydrogen (secondary N) is 1. The number of nitrogens with two attached hydrogens (primary N) is 3. The van der Waals surface area contributed by atoms with Gasteiger partial charge in [0.1, 0.15) is 24.2 Å². The maximum atomic E-state index is 10.1. The molecule has 0 bridgehead atoms. The molecular formula is C17H34N4O12. The van der Waals surface area contributed by atoms with E-state index in [-0.39, 0.29) is 18.9 Å². The van der Waals surface area contributed by atoms with E-state index in [4.69, 9.17) is 52.9 Å². The number of hydrogen-bond donors (Lipinski definition) is 11. The number of carboxylic acids is 5. The van der Waals surface area contributed by atoms with Gasteiger partial charge in [0.05, 0.1) is 12.7 Å². The zero-order valence-electron chi connectivity index (χ0n) is 18.0. The normalized spacial score (nSPS) is 17.7. The van der Waals surface area contributed by atoms with Crippen molar-refractivity contribution in [2.75, 3.05) is 13.2 Å². The monoisotopic (exact) mass is 486 g/mol. The zero-order chi connectivity index (χ0) is 26.7. The quantitative estimate of drug-likeness (QED) is 0.149. The second kappa shape index (κ2) is 19.8. The first-order chi connectivity index (χ1) is 15.1. The van der Waals surface area contributed by atoms with Crippen LogP contribution in [0.2, 0.25) is 0 Å². The molecule has 16 nitrogen and oxygen atoms in total. The summed E-state index contributed by atoms with van der Waals surface area (Å²) in [6, 6.07) is -3.61. The third-order valence-electron chi connectivity index (χ3n) is 3.66. The largest absolute Gasteiger partial charge is 0.481 e. The Balaban J connectivity index is -0.000000367. The van der Waals surface area contributed by atoms with Crippen LogP contribution in [0.4, 0.5) is 0 Å². The first-order valence-corrected chi connectivity index (χ1v) is 9.50. The fourth-order valence-corrected chi connectivity index (χ4v) is 1.58. The number of carboxylic acid groups (broad SMARTS) is 5. The van der Waals surface area contributed by atoms with Crippen molar-refractivity contribution < 1.29 is 59.7 Å². The van der Waals surface area contributed by atoms with Crippen LogP contribution in [-0.2, 0) is 24.0 Å². The number of carbonyl (C=O) groups is 5. The number of hydrogen-bond acceptors (Lipinski definition) is 11. The molecule has 0 saturated carbocycles. The SMILES string of the molecule is CC(O)C(N)C(=O)O.NC(CCC(=O)O)C(=O)O.NC(CO)C(=O)O.O=C(O)[C@@H]1CCCN1. The van der Waals surface area contributed by atoms with Crippen LogP contribution in [0, 0.1) is 0 Å². The van der Waals surface area contributed by atoms with E-state index in [0.29, 0.717) is 0 Å². The average molecular weight is 486 g/mol. The molecule has 0 radical (unpaired) electrons. The van der Waals surface area contributed by atoms with E-state index >= 15 is 0 Å². The Morgan fingerprint density at radius 1 is 0.909 bits per heavy atom. The molecule has 0 aromatic carbocycles. The van der Waals surface area contributed by atoms with Gasteiger partial charge in [-0.3, -0.25) is 24.0 Å². The number of aliphatic carboxylic acids is 5. The number of aliphatic hydroxyl groups excluding tert-OH is 2. The molecule has 0 aliphatic carbocycles. The van der Waals surface area contributed by atoms with E-state index in [1.165, 1.54) is 6.92 Å². The van der Waals surface area contributed by atoms with E-state index in [1.54, 1.807) is 0 Å². The fraction of sp³-hybridized carbons (Fsp3) is 0.706. The minimum atomic E-state index is -1.18. The molecule has 1 saturated heterocycles. The van der Waals surface area contributed by atoms with Gasteiger partial charge in [0.25, 0.3) is 0 Å². The van der Waals surface area contributed by atoms with Crippen molar-refractivity contribution in [3.8, 4) is 0 Å². The van der Waals surface area contributed by atoms with E-state index < -0.39 is 60.7 Å². The van der Waals surface area contributed by atoms with E-state index in [2.05, 4.69) is 5.32 Å². The Hall–Kier alpha value is -2.89. The Labute approximate surface area is 189 Å². The van der Waals surface area contributed by atoms with Crippen molar-refractivity contribution >= 4 is 29.8 Å². The summed E-state index contributed by atoms with van der Waals surface area (Å²) in [5.74, 6) is -5.28. The summed E-state index contributed by atoms with van der Waals surface area (Å²) >= 11 is 0. The van der Waals surface area contributed by atoms with Crippen molar-refractivity contribution in [1.29, 1.82) is 0 Å². The van der Waals surface area contributed by atoms with Crippen LogP contribution in [-0.4, -0.2) is 109 Å². The van der Waals surface area contributed by atoms with Crippen LogP contribution < -0.4 is 22.5 Å². The maximum Gasteiger partial charge on any atom is 0.323 e. The zero-order valence-corrected chi connectivity index (χ0v) is 18.0. The summed E-state index contributed by atoms with van der Waals surface area (Å²) in [4.78, 5) is 49.5. The highest BCUT2D eigenvalue weighted by Gasteiger charge is 2.20. The van der Waals surface area contributed by atoms with Gasteiger partial charge in [-0.15, -0.1) is 0 Å². The molecule has 1 fully saturated rings. The lowest BCUT2D eigenvalue weighted by Gasteiger charge is -2.06. The van der Waals surface area contributed by atoms with E-state index in [1.807, 2.05) is 0 Å². The number of aliphatic hydroxyl groups is 2. The molecule has 0 aromatic rings. The van der Waals surface area contributed by atoms with Crippen molar-refractivity contribution in [3.63, 3.8) is 0 Å². The van der Waals surface area contributed by atoms with Crippen LogP contribution in [0.25, 0.3) is 0 Å². The fourth-order valence-electron chi connectivity index (χ4n) is 1.58.